The van der Waals surface area contributed by atoms with Gasteiger partial charge in [-0.05, 0) is 41.5 Å². The Morgan fingerprint density at radius 3 is 1.40 bits per heavy atom. The molecule has 9 heteroatoms. The molecule has 0 unspecified atom stereocenters. The Labute approximate surface area is 164 Å². The minimum atomic E-state index is -0.00230. The van der Waals surface area contributed by atoms with Gasteiger partial charge in [0.2, 0.25) is 0 Å². The normalized spacial score (nSPS) is 10.8. The molecule has 2 aromatic rings. The maximum Gasteiger partial charge on any atom is 0.134 e. The molecule has 0 radical (unpaired) electrons. The zero-order valence-electron chi connectivity index (χ0n) is 15.3. The van der Waals surface area contributed by atoms with Crippen molar-refractivity contribution < 1.29 is 0 Å². The summed E-state index contributed by atoms with van der Waals surface area (Å²) < 4.78 is 0. The first-order valence-electron chi connectivity index (χ1n) is 7.44. The molecule has 0 fully saturated rings. The second-order valence-corrected chi connectivity index (χ2v) is 8.29. The highest BCUT2D eigenvalue weighted by Crippen LogP contribution is 2.13. The van der Waals surface area contributed by atoms with Gasteiger partial charge in [0.25, 0.3) is 0 Å². The Hall–Kier alpha value is -1.21. The van der Waals surface area contributed by atoms with Gasteiger partial charge in [-0.2, -0.15) is 0 Å². The van der Waals surface area contributed by atoms with Crippen molar-refractivity contribution in [2.75, 3.05) is 5.32 Å². The van der Waals surface area contributed by atoms with Crippen molar-refractivity contribution >= 4 is 40.6 Å². The van der Waals surface area contributed by atoms with Crippen molar-refractivity contribution in [3.8, 4) is 0 Å². The van der Waals surface area contributed by atoms with Crippen LogP contribution in [0.25, 0.3) is 0 Å². The van der Waals surface area contributed by atoms with Crippen LogP contribution in [0.4, 0.5) is 5.82 Å². The molecule has 0 atom stereocenters. The Balaban J connectivity index is 0.000000382. The van der Waals surface area contributed by atoms with Crippen LogP contribution in [0.3, 0.4) is 0 Å². The van der Waals surface area contributed by atoms with Gasteiger partial charge in [0.05, 0.1) is 0 Å². The van der Waals surface area contributed by atoms with Crippen molar-refractivity contribution in [3.05, 3.63) is 40.2 Å². The van der Waals surface area contributed by atoms with E-state index in [0.29, 0.717) is 15.5 Å². The van der Waals surface area contributed by atoms with Crippen LogP contribution in [-0.4, -0.2) is 31.0 Å². The van der Waals surface area contributed by atoms with Crippen LogP contribution in [0.2, 0.25) is 15.5 Å². The van der Waals surface area contributed by atoms with Crippen LogP contribution >= 0.6 is 34.8 Å². The van der Waals surface area contributed by atoms with E-state index in [1.807, 2.05) is 20.8 Å². The lowest BCUT2D eigenvalue weighted by Gasteiger charge is -2.20. The third-order valence-corrected chi connectivity index (χ3v) is 2.36. The first-order valence-corrected chi connectivity index (χ1v) is 8.57. The van der Waals surface area contributed by atoms with Gasteiger partial charge < -0.3 is 11.1 Å². The third-order valence-electron chi connectivity index (χ3n) is 1.74. The first-order chi connectivity index (χ1) is 11.3. The predicted molar refractivity (Wildman–Crippen MR) is 106 cm³/mol. The standard InChI is InChI=1S/C8H12ClN3.C4H2Cl2N2.C4H11N/c1-8(2,3)12-7-4-6(9)10-5-11-7;5-3-1-4(6)8-2-7-3;1-4(2,3)5/h4-5H,1-3H3,(H,10,11,12);1-2H;5H2,1-3H3. The Kier molecular flexibility index (Phi) is 10.2. The lowest BCUT2D eigenvalue weighted by molar-refractivity contribution is 0.580. The zero-order chi connectivity index (χ0) is 19.7. The van der Waals surface area contributed by atoms with Crippen molar-refractivity contribution in [1.82, 2.24) is 19.9 Å². The molecule has 0 aliphatic carbocycles. The van der Waals surface area contributed by atoms with Gasteiger partial charge in [0, 0.05) is 23.2 Å². The fourth-order valence-electron chi connectivity index (χ4n) is 1.10. The number of hydrogen-bond donors (Lipinski definition) is 2. The Morgan fingerprint density at radius 1 is 0.760 bits per heavy atom. The number of nitrogens with zero attached hydrogens (tertiary/aromatic N) is 4. The molecule has 0 saturated carbocycles. The second-order valence-electron chi connectivity index (χ2n) is 7.13. The van der Waals surface area contributed by atoms with E-state index >= 15 is 0 Å². The summed E-state index contributed by atoms with van der Waals surface area (Å²) in [6.45, 7) is 12.1. The van der Waals surface area contributed by atoms with Gasteiger partial charge in [-0.15, -0.1) is 0 Å². The van der Waals surface area contributed by atoms with Crippen molar-refractivity contribution in [2.45, 2.75) is 52.6 Å². The van der Waals surface area contributed by atoms with Crippen LogP contribution in [0.1, 0.15) is 41.5 Å². The highest BCUT2D eigenvalue weighted by molar-refractivity contribution is 6.33. The van der Waals surface area contributed by atoms with E-state index in [9.17, 15) is 0 Å². The van der Waals surface area contributed by atoms with E-state index in [1.165, 1.54) is 18.7 Å². The van der Waals surface area contributed by atoms with Gasteiger partial charge in [-0.1, -0.05) is 34.8 Å². The Bertz CT molecular complexity index is 615. The number of halogens is 3. The van der Waals surface area contributed by atoms with Crippen LogP contribution in [-0.2, 0) is 0 Å². The summed E-state index contributed by atoms with van der Waals surface area (Å²) in [5.74, 6) is 0.752. The van der Waals surface area contributed by atoms with Gasteiger partial charge in [-0.25, -0.2) is 19.9 Å². The predicted octanol–water partition coefficient (Wildman–Crippen LogP) is 4.87. The number of nitrogens with two attached hydrogens (primary N) is 1. The molecule has 25 heavy (non-hydrogen) atoms. The summed E-state index contributed by atoms with van der Waals surface area (Å²) in [5, 5.41) is 4.37. The largest absolute Gasteiger partial charge is 0.365 e. The minimum Gasteiger partial charge on any atom is -0.365 e. The summed E-state index contributed by atoms with van der Waals surface area (Å²) in [4.78, 5) is 15.0. The van der Waals surface area contributed by atoms with E-state index in [2.05, 4.69) is 46.0 Å². The smallest absolute Gasteiger partial charge is 0.134 e. The molecule has 0 saturated heterocycles. The van der Waals surface area contributed by atoms with Crippen molar-refractivity contribution in [1.29, 1.82) is 0 Å². The summed E-state index contributed by atoms with van der Waals surface area (Å²) in [6, 6.07) is 3.18. The van der Waals surface area contributed by atoms with Crippen LogP contribution in [0.15, 0.2) is 24.8 Å². The van der Waals surface area contributed by atoms with E-state index in [0.717, 1.165) is 5.82 Å². The molecule has 2 heterocycles. The van der Waals surface area contributed by atoms with E-state index in [1.54, 1.807) is 6.07 Å². The molecule has 2 aromatic heterocycles. The maximum absolute atomic E-state index is 5.68. The lowest BCUT2D eigenvalue weighted by atomic mass is 10.1. The van der Waals surface area contributed by atoms with E-state index < -0.39 is 0 Å². The quantitative estimate of drug-likeness (QED) is 0.656. The average molecular weight is 408 g/mol. The fourth-order valence-corrected chi connectivity index (χ4v) is 1.59. The molecule has 0 spiro atoms. The number of hydrogen-bond acceptors (Lipinski definition) is 6. The molecule has 0 bridgehead atoms. The SMILES string of the molecule is CC(C)(C)N.CC(C)(C)Nc1cc(Cl)ncn1.Clc1cc(Cl)ncn1. The summed E-state index contributed by atoms with van der Waals surface area (Å²) in [7, 11) is 0. The zero-order valence-corrected chi connectivity index (χ0v) is 17.6. The fraction of sp³-hybridized carbons (Fsp3) is 0.500. The monoisotopic (exact) mass is 406 g/mol. The third kappa shape index (κ3) is 17.4. The van der Waals surface area contributed by atoms with Gasteiger partial charge >= 0.3 is 0 Å². The molecule has 0 aromatic carbocycles. The van der Waals surface area contributed by atoms with Crippen LogP contribution < -0.4 is 11.1 Å². The number of nitrogens with one attached hydrogen (secondary N) is 1. The van der Waals surface area contributed by atoms with Crippen molar-refractivity contribution in [2.24, 2.45) is 5.73 Å². The van der Waals surface area contributed by atoms with Gasteiger partial charge in [0.1, 0.15) is 33.9 Å². The second kappa shape index (κ2) is 10.7. The molecule has 2 rings (SSSR count). The highest BCUT2D eigenvalue weighted by Gasteiger charge is 2.09. The van der Waals surface area contributed by atoms with Crippen LogP contribution in [0.5, 0.6) is 0 Å². The number of aromatic nitrogens is 4. The molecule has 140 valence electrons. The molecule has 0 aliphatic rings. The molecule has 0 amide bonds. The first kappa shape index (κ1) is 23.8. The molecule has 0 aliphatic heterocycles. The molecule has 3 N–H and O–H groups in total. The summed E-state index contributed by atoms with van der Waals surface area (Å²) in [6.07, 6.45) is 2.75. The molecule has 6 nitrogen and oxygen atoms in total. The van der Waals surface area contributed by atoms with Gasteiger partial charge in [0.15, 0.2) is 0 Å². The maximum atomic E-state index is 5.68. The topological polar surface area (TPSA) is 89.6 Å². The molecular formula is C16H25Cl3N6. The summed E-state index contributed by atoms with van der Waals surface area (Å²) >= 11 is 16.5. The van der Waals surface area contributed by atoms with E-state index in [-0.39, 0.29) is 11.1 Å². The van der Waals surface area contributed by atoms with Crippen LogP contribution in [0, 0.1) is 0 Å². The average Bonchev–Trinajstić information content (AvgIpc) is 2.34. The highest BCUT2D eigenvalue weighted by atomic mass is 35.5. The number of rotatable bonds is 1. The summed E-state index contributed by atoms with van der Waals surface area (Å²) in [5.41, 5.74) is 5.35. The molecular weight excluding hydrogens is 383 g/mol. The minimum absolute atomic E-state index is 0. The van der Waals surface area contributed by atoms with E-state index in [4.69, 9.17) is 40.5 Å². The Morgan fingerprint density at radius 2 is 1.12 bits per heavy atom. The van der Waals surface area contributed by atoms with Crippen molar-refractivity contribution in [3.63, 3.8) is 0 Å². The lowest BCUT2D eigenvalue weighted by Crippen LogP contribution is -2.26. The van der Waals surface area contributed by atoms with Gasteiger partial charge in [-0.3, -0.25) is 0 Å². The number of anilines is 1.